The molecule has 0 heterocycles. The van der Waals surface area contributed by atoms with E-state index in [1.807, 2.05) is 0 Å². The normalized spacial score (nSPS) is 11.2. The van der Waals surface area contributed by atoms with Gasteiger partial charge in [-0.25, -0.2) is 0 Å². The first-order valence-corrected chi connectivity index (χ1v) is 4.22. The number of carbonyl (C=O) groups is 1. The van der Waals surface area contributed by atoms with E-state index in [4.69, 9.17) is 4.74 Å². The first kappa shape index (κ1) is 11.4. The van der Waals surface area contributed by atoms with Crippen molar-refractivity contribution < 1.29 is 18.3 Å². The van der Waals surface area contributed by atoms with Crippen LogP contribution in [-0.4, -0.2) is 13.0 Å². The Kier molecular flexibility index (Phi) is 2.93. The zero-order valence-corrected chi connectivity index (χ0v) is 8.38. The van der Waals surface area contributed by atoms with Crippen molar-refractivity contribution in [3.8, 4) is 5.75 Å². The number of nitrogens with two attached hydrogens (primary N) is 1. The molecule has 0 aromatic heterocycles. The maximum Gasteiger partial charge on any atom is 0.349 e. The predicted octanol–water partition coefficient (Wildman–Crippen LogP) is 1.58. The van der Waals surface area contributed by atoms with Crippen LogP contribution in [0.4, 0.5) is 8.78 Å². The molecule has 0 bridgehead atoms. The number of hydrogen-bond donors (Lipinski definition) is 1. The molecule has 0 aliphatic rings. The molecule has 1 aromatic rings. The molecule has 2 N–H and O–H groups in total. The van der Waals surface area contributed by atoms with Gasteiger partial charge in [-0.15, -0.1) is 0 Å². The van der Waals surface area contributed by atoms with Gasteiger partial charge in [-0.3, -0.25) is 4.79 Å². The molecular formula is C10H11F2NO2. The van der Waals surface area contributed by atoms with Gasteiger partial charge in [0, 0.05) is 5.56 Å². The molecule has 3 nitrogen and oxygen atoms in total. The molecule has 0 saturated heterocycles. The molecule has 5 heteroatoms. The van der Waals surface area contributed by atoms with Gasteiger partial charge in [-0.1, -0.05) is 0 Å². The van der Waals surface area contributed by atoms with Crippen LogP contribution in [0.1, 0.15) is 11.1 Å². The van der Waals surface area contributed by atoms with E-state index in [-0.39, 0.29) is 0 Å². The van der Waals surface area contributed by atoms with Crippen LogP contribution in [-0.2, 0) is 10.7 Å². The summed E-state index contributed by atoms with van der Waals surface area (Å²) < 4.78 is 31.3. The second kappa shape index (κ2) is 3.84. The van der Waals surface area contributed by atoms with E-state index in [2.05, 4.69) is 5.73 Å². The molecule has 0 saturated carbocycles. The quantitative estimate of drug-likeness (QED) is 0.832. The Hall–Kier alpha value is -1.65. The first-order valence-electron chi connectivity index (χ1n) is 4.22. The van der Waals surface area contributed by atoms with E-state index >= 15 is 0 Å². The van der Waals surface area contributed by atoms with Crippen LogP contribution in [0.5, 0.6) is 5.75 Å². The second-order valence-electron chi connectivity index (χ2n) is 3.12. The Morgan fingerprint density at radius 3 is 2.47 bits per heavy atom. The predicted molar refractivity (Wildman–Crippen MR) is 50.8 cm³/mol. The molecular weight excluding hydrogens is 204 g/mol. The molecule has 0 aliphatic heterocycles. The second-order valence-corrected chi connectivity index (χ2v) is 3.12. The van der Waals surface area contributed by atoms with Crippen molar-refractivity contribution in [2.24, 2.45) is 5.73 Å². The zero-order chi connectivity index (χ0) is 11.6. The van der Waals surface area contributed by atoms with E-state index in [1.54, 1.807) is 6.92 Å². The van der Waals surface area contributed by atoms with Gasteiger partial charge in [0.1, 0.15) is 5.75 Å². The molecule has 0 unspecified atom stereocenters. The standard InChI is InChI=1S/C10H11F2NO2/c1-6-5-7(3-4-8(6)15-2)10(11,12)9(13)14/h3-5H,1-2H3,(H2,13,14). The summed E-state index contributed by atoms with van der Waals surface area (Å²) in [5.41, 5.74) is 4.70. The zero-order valence-electron chi connectivity index (χ0n) is 8.38. The number of rotatable bonds is 3. The highest BCUT2D eigenvalue weighted by Crippen LogP contribution is 2.30. The number of alkyl halides is 2. The molecule has 0 spiro atoms. The van der Waals surface area contributed by atoms with Crippen LogP contribution >= 0.6 is 0 Å². The van der Waals surface area contributed by atoms with Gasteiger partial charge in [0.15, 0.2) is 0 Å². The van der Waals surface area contributed by atoms with Gasteiger partial charge in [0.2, 0.25) is 0 Å². The summed E-state index contributed by atoms with van der Waals surface area (Å²) in [6.45, 7) is 1.61. The number of carbonyl (C=O) groups excluding carboxylic acids is 1. The Morgan fingerprint density at radius 2 is 2.07 bits per heavy atom. The van der Waals surface area contributed by atoms with Crippen molar-refractivity contribution in [1.29, 1.82) is 0 Å². The number of ether oxygens (including phenoxy) is 1. The molecule has 1 amide bonds. The summed E-state index contributed by atoms with van der Waals surface area (Å²) in [5, 5.41) is 0. The lowest BCUT2D eigenvalue weighted by Gasteiger charge is -2.14. The third kappa shape index (κ3) is 2.06. The number of halogens is 2. The summed E-state index contributed by atoms with van der Waals surface area (Å²) in [4.78, 5) is 10.5. The van der Waals surface area contributed by atoms with Crippen LogP contribution < -0.4 is 10.5 Å². The SMILES string of the molecule is COc1ccc(C(F)(F)C(N)=O)cc1C. The molecule has 0 atom stereocenters. The first-order chi connectivity index (χ1) is 6.89. The highest BCUT2D eigenvalue weighted by Gasteiger charge is 2.38. The summed E-state index contributed by atoms with van der Waals surface area (Å²) in [6, 6.07) is 3.68. The van der Waals surface area contributed by atoms with E-state index in [1.165, 1.54) is 19.2 Å². The average Bonchev–Trinajstić information content (AvgIpc) is 2.17. The van der Waals surface area contributed by atoms with Crippen molar-refractivity contribution >= 4 is 5.91 Å². The van der Waals surface area contributed by atoms with Gasteiger partial charge in [0.05, 0.1) is 7.11 Å². The highest BCUT2D eigenvalue weighted by molar-refractivity contribution is 5.83. The van der Waals surface area contributed by atoms with Crippen LogP contribution in [0, 0.1) is 6.92 Å². The fourth-order valence-electron chi connectivity index (χ4n) is 1.22. The van der Waals surface area contributed by atoms with Crippen molar-refractivity contribution in [3.63, 3.8) is 0 Å². The number of primary amides is 1. The Labute approximate surface area is 85.8 Å². The molecule has 1 aromatic carbocycles. The van der Waals surface area contributed by atoms with Crippen LogP contribution in [0.15, 0.2) is 18.2 Å². The maximum atomic E-state index is 13.2. The lowest BCUT2D eigenvalue weighted by Crippen LogP contribution is -2.32. The van der Waals surface area contributed by atoms with Crippen molar-refractivity contribution in [3.05, 3.63) is 29.3 Å². The van der Waals surface area contributed by atoms with Gasteiger partial charge in [-0.2, -0.15) is 8.78 Å². The molecule has 15 heavy (non-hydrogen) atoms. The smallest absolute Gasteiger partial charge is 0.349 e. The molecule has 1 rings (SSSR count). The van der Waals surface area contributed by atoms with E-state index in [9.17, 15) is 13.6 Å². The molecule has 0 fully saturated rings. The van der Waals surface area contributed by atoms with E-state index in [0.29, 0.717) is 11.3 Å². The van der Waals surface area contributed by atoms with Gasteiger partial charge in [0.25, 0.3) is 5.91 Å². The van der Waals surface area contributed by atoms with Gasteiger partial charge in [-0.05, 0) is 30.7 Å². The van der Waals surface area contributed by atoms with Crippen LogP contribution in [0.3, 0.4) is 0 Å². The lowest BCUT2D eigenvalue weighted by atomic mass is 10.0. The minimum atomic E-state index is -3.64. The van der Waals surface area contributed by atoms with Crippen molar-refractivity contribution in [1.82, 2.24) is 0 Å². The topological polar surface area (TPSA) is 52.3 Å². The van der Waals surface area contributed by atoms with Gasteiger partial charge >= 0.3 is 5.92 Å². The third-order valence-electron chi connectivity index (χ3n) is 2.07. The minimum absolute atomic E-state index is 0.423. The summed E-state index contributed by atoms with van der Waals surface area (Å²) in [6.07, 6.45) is 0. The maximum absolute atomic E-state index is 13.2. The fourth-order valence-corrected chi connectivity index (χ4v) is 1.22. The number of amides is 1. The Bertz CT molecular complexity index is 391. The highest BCUT2D eigenvalue weighted by atomic mass is 19.3. The largest absolute Gasteiger partial charge is 0.496 e. The van der Waals surface area contributed by atoms with Crippen LogP contribution in [0.2, 0.25) is 0 Å². The molecule has 0 aliphatic carbocycles. The fraction of sp³-hybridized carbons (Fsp3) is 0.300. The number of methoxy groups -OCH3 is 1. The number of hydrogen-bond acceptors (Lipinski definition) is 2. The average molecular weight is 215 g/mol. The summed E-state index contributed by atoms with van der Waals surface area (Å²) in [5.74, 6) is -4.82. The number of benzene rings is 1. The van der Waals surface area contributed by atoms with E-state index in [0.717, 1.165) is 6.07 Å². The van der Waals surface area contributed by atoms with Crippen molar-refractivity contribution in [2.75, 3.05) is 7.11 Å². The Morgan fingerprint density at radius 1 is 1.47 bits per heavy atom. The third-order valence-corrected chi connectivity index (χ3v) is 2.07. The van der Waals surface area contributed by atoms with Crippen LogP contribution in [0.25, 0.3) is 0 Å². The Balaban J connectivity index is 3.18. The van der Waals surface area contributed by atoms with Crippen molar-refractivity contribution in [2.45, 2.75) is 12.8 Å². The monoisotopic (exact) mass is 215 g/mol. The summed E-state index contributed by atoms with van der Waals surface area (Å²) >= 11 is 0. The van der Waals surface area contributed by atoms with E-state index < -0.39 is 17.4 Å². The lowest BCUT2D eigenvalue weighted by molar-refractivity contribution is -0.143. The molecule has 82 valence electrons. The minimum Gasteiger partial charge on any atom is -0.496 e. The summed E-state index contributed by atoms with van der Waals surface area (Å²) in [7, 11) is 1.44. The number of aryl methyl sites for hydroxylation is 1. The molecule has 0 radical (unpaired) electrons. The van der Waals surface area contributed by atoms with Gasteiger partial charge < -0.3 is 10.5 Å².